The lowest BCUT2D eigenvalue weighted by molar-refractivity contribution is -0.383. The number of nitro groups is 2. The van der Waals surface area contributed by atoms with Gasteiger partial charge in [0.2, 0.25) is 0 Å². The van der Waals surface area contributed by atoms with Crippen LogP contribution in [0.3, 0.4) is 0 Å². The number of nitrogens with one attached hydrogen (secondary N) is 3. The molecule has 5 N–H and O–H groups in total. The molecule has 0 fully saturated rings. The lowest BCUT2D eigenvalue weighted by Crippen LogP contribution is -2.27. The summed E-state index contributed by atoms with van der Waals surface area (Å²) in [5.74, 6) is 1.88. The molecule has 0 radical (unpaired) electrons. The molecule has 4 heterocycles. The van der Waals surface area contributed by atoms with E-state index in [2.05, 4.69) is 45.9 Å². The summed E-state index contributed by atoms with van der Waals surface area (Å²) in [6.07, 6.45) is 8.70. The van der Waals surface area contributed by atoms with E-state index in [9.17, 15) is 29.8 Å². The first-order chi connectivity index (χ1) is 34.4. The van der Waals surface area contributed by atoms with Crippen molar-refractivity contribution in [2.45, 2.75) is 13.2 Å². The number of ether oxygens (including phenoxy) is 4. The smallest absolute Gasteiger partial charge is 0.277 e. The van der Waals surface area contributed by atoms with Gasteiger partial charge in [0.15, 0.2) is 0 Å². The van der Waals surface area contributed by atoms with Crippen molar-refractivity contribution >= 4 is 73.8 Å². The highest BCUT2D eigenvalue weighted by Gasteiger charge is 2.17. The molecule has 4 aromatic carbocycles. The van der Waals surface area contributed by atoms with Gasteiger partial charge in [0.05, 0.1) is 58.6 Å². The molecular weight excluding hydrogens is 940 g/mol. The van der Waals surface area contributed by atoms with E-state index in [0.717, 1.165) is 11.1 Å². The maximum absolute atomic E-state index is 12.0. The van der Waals surface area contributed by atoms with E-state index in [0.29, 0.717) is 83.4 Å². The maximum Gasteiger partial charge on any atom is 0.277 e. The molecule has 22 nitrogen and oxygen atoms in total. The minimum atomic E-state index is -0.407. The second-order valence-corrected chi connectivity index (χ2v) is 15.0. The van der Waals surface area contributed by atoms with Gasteiger partial charge >= 0.3 is 0 Å². The molecule has 23 heteroatoms. The summed E-state index contributed by atoms with van der Waals surface area (Å²) in [6, 6.07) is 27.4. The summed E-state index contributed by atoms with van der Waals surface area (Å²) in [6.45, 7) is 2.24. The summed E-state index contributed by atoms with van der Waals surface area (Å²) in [7, 11) is 3.12. The Kier molecular flexibility index (Phi) is 18.8. The minimum absolute atomic E-state index is 0.0305. The molecule has 364 valence electrons. The zero-order chi connectivity index (χ0) is 50.5. The number of amides is 2. The summed E-state index contributed by atoms with van der Waals surface area (Å²) >= 11 is 5.52. The fourth-order valence-corrected chi connectivity index (χ4v) is 6.50. The number of anilines is 3. The van der Waals surface area contributed by atoms with E-state index in [1.807, 2.05) is 18.2 Å². The highest BCUT2D eigenvalue weighted by molar-refractivity contribution is 6.29. The van der Waals surface area contributed by atoms with E-state index < -0.39 is 9.85 Å². The van der Waals surface area contributed by atoms with E-state index >= 15 is 0 Å². The molecule has 0 aliphatic heterocycles. The number of hydrogen-bond donors (Lipinski definition) is 4. The van der Waals surface area contributed by atoms with Crippen molar-refractivity contribution in [1.82, 2.24) is 40.5 Å². The van der Waals surface area contributed by atoms with E-state index in [1.165, 1.54) is 36.9 Å². The first-order valence-electron chi connectivity index (χ1n) is 21.3. The molecule has 0 atom stereocenters. The molecule has 0 saturated carbocycles. The van der Waals surface area contributed by atoms with Crippen LogP contribution in [-0.4, -0.2) is 92.1 Å². The molecule has 0 aliphatic rings. The summed E-state index contributed by atoms with van der Waals surface area (Å²) in [5.41, 5.74) is 7.87. The number of pyridine rings is 2. The number of halogens is 1. The number of rotatable bonds is 18. The first-order valence-corrected chi connectivity index (χ1v) is 21.7. The number of methoxy groups -OCH3 is 2. The van der Waals surface area contributed by atoms with Crippen molar-refractivity contribution in [3.8, 4) is 11.5 Å². The Bertz CT molecular complexity index is 3100. The molecule has 0 aliphatic carbocycles. The average Bonchev–Trinajstić information content (AvgIpc) is 3.38. The highest BCUT2D eigenvalue weighted by Crippen LogP contribution is 2.34. The zero-order valence-electron chi connectivity index (χ0n) is 38.1. The minimum Gasteiger partial charge on any atom is -0.488 e. The van der Waals surface area contributed by atoms with Gasteiger partial charge in [0.1, 0.15) is 58.7 Å². The maximum atomic E-state index is 12.0. The Morgan fingerprint density at radius 3 is 1.55 bits per heavy atom. The number of fused-ring (bicyclic) bond motifs is 2. The molecule has 4 aromatic heterocycles. The number of nitro benzene ring substituents is 2. The normalized spacial score (nSPS) is 10.5. The van der Waals surface area contributed by atoms with Crippen molar-refractivity contribution < 1.29 is 38.4 Å². The predicted octanol–water partition coefficient (Wildman–Crippen LogP) is 7.44. The van der Waals surface area contributed by atoms with Crippen molar-refractivity contribution in [3.63, 3.8) is 0 Å². The number of aromatic nitrogens is 6. The van der Waals surface area contributed by atoms with Crippen LogP contribution in [0, 0.1) is 20.2 Å². The summed E-state index contributed by atoms with van der Waals surface area (Å²) < 4.78 is 21.4. The van der Waals surface area contributed by atoms with Crippen LogP contribution < -0.4 is 31.2 Å². The molecule has 0 bridgehead atoms. The number of nitrogens with zero attached hydrogens (tertiary/aromatic N) is 8. The molecule has 8 rings (SSSR count). The van der Waals surface area contributed by atoms with Gasteiger partial charge < -0.3 is 40.6 Å². The monoisotopic (exact) mass is 984 g/mol. The fraction of sp³-hybridized carbons (Fsp3) is 0.167. The van der Waals surface area contributed by atoms with Crippen molar-refractivity contribution in [1.29, 1.82) is 0 Å². The number of carbonyl (C=O) groups excluding carboxylic acids is 2. The van der Waals surface area contributed by atoms with Crippen LogP contribution in [0.1, 0.15) is 32.1 Å². The summed E-state index contributed by atoms with van der Waals surface area (Å²) in [5, 5.41) is 33.4. The molecule has 71 heavy (non-hydrogen) atoms. The number of benzene rings is 4. The molecule has 2 amide bonds. The second kappa shape index (κ2) is 26.0. The van der Waals surface area contributed by atoms with Gasteiger partial charge in [0, 0.05) is 62.6 Å². The molecule has 0 spiro atoms. The largest absolute Gasteiger partial charge is 0.488 e. The van der Waals surface area contributed by atoms with Crippen molar-refractivity contribution in [2.24, 2.45) is 0 Å². The van der Waals surface area contributed by atoms with Crippen LogP contribution in [0.15, 0.2) is 134 Å². The number of non-ortho nitro benzene ring substituents is 2. The molecular formula is C48H45ClN12O10. The van der Waals surface area contributed by atoms with Gasteiger partial charge in [-0.1, -0.05) is 48.0 Å². The van der Waals surface area contributed by atoms with Crippen LogP contribution in [-0.2, 0) is 22.7 Å². The standard InChI is InChI=1S/C24H22N6O5.C16H13N3O3.C8H10ClN3O2/c1-34-11-10-26-24(31)19-13-28-23(14-27-19)29-22-12-16(8-9-25-22)15-35-21-7-6-20(30(32)33)17-4-2-3-5-18(17)21;17-16-9-11(7-8-18-16)10-22-15-6-5-14(19(20)21)12-3-1-2-4-13(12)15;1-14-3-2-10-8(13)6-4-12-7(9)5-11-6/h2-9,12-14H,10-11,15H2,1H3,(H,26,31)(H,25,28,29);1-9H,10H2,(H2,17,18);4-5H,2-3H2,1H3,(H,10,13). The van der Waals surface area contributed by atoms with Gasteiger partial charge in [-0.05, 0) is 59.7 Å². The number of nitrogen functional groups attached to an aromatic ring is 1. The highest BCUT2D eigenvalue weighted by atomic mass is 35.5. The predicted molar refractivity (Wildman–Crippen MR) is 264 cm³/mol. The van der Waals surface area contributed by atoms with Gasteiger partial charge in [-0.25, -0.2) is 29.9 Å². The van der Waals surface area contributed by atoms with Crippen LogP contribution in [0.5, 0.6) is 11.5 Å². The topological polar surface area (TPSA) is 297 Å². The third-order valence-corrected chi connectivity index (χ3v) is 9.95. The van der Waals surface area contributed by atoms with Gasteiger partial charge in [0.25, 0.3) is 23.2 Å². The lowest BCUT2D eigenvalue weighted by Gasteiger charge is -2.11. The third kappa shape index (κ3) is 15.0. The van der Waals surface area contributed by atoms with Crippen LogP contribution in [0.25, 0.3) is 21.5 Å². The van der Waals surface area contributed by atoms with Crippen LogP contribution in [0.2, 0.25) is 5.15 Å². The average molecular weight is 985 g/mol. The molecule has 0 saturated heterocycles. The molecule has 0 unspecified atom stereocenters. The van der Waals surface area contributed by atoms with E-state index in [-0.39, 0.29) is 46.3 Å². The molecule has 8 aromatic rings. The fourth-order valence-electron chi connectivity index (χ4n) is 6.40. The van der Waals surface area contributed by atoms with Crippen molar-refractivity contribution in [3.05, 3.63) is 182 Å². The number of carbonyl (C=O) groups is 2. The number of nitrogens with two attached hydrogens (primary N) is 1. The Morgan fingerprint density at radius 2 is 1.08 bits per heavy atom. The van der Waals surface area contributed by atoms with Gasteiger partial charge in [-0.15, -0.1) is 0 Å². The van der Waals surface area contributed by atoms with Crippen LogP contribution in [0.4, 0.5) is 28.8 Å². The van der Waals surface area contributed by atoms with Gasteiger partial charge in [-0.3, -0.25) is 29.8 Å². The first kappa shape index (κ1) is 51.4. The second-order valence-electron chi connectivity index (χ2n) is 14.6. The Labute approximate surface area is 409 Å². The van der Waals surface area contributed by atoms with Crippen LogP contribution >= 0.6 is 11.6 Å². The summed E-state index contributed by atoms with van der Waals surface area (Å²) in [4.78, 5) is 69.0. The Morgan fingerprint density at radius 1 is 0.592 bits per heavy atom. The van der Waals surface area contributed by atoms with Gasteiger partial charge in [-0.2, -0.15) is 0 Å². The Hall–Kier alpha value is -8.99. The SMILES string of the molecule is COCCNC(=O)c1cnc(Cl)cn1.COCCNC(=O)c1cnc(Nc2cc(COc3ccc([N+](=O)[O-])c4ccccc34)ccn2)cn1.Nc1cc(COc2ccc([N+](=O)[O-])c3ccccc23)ccn1. The third-order valence-electron chi connectivity index (χ3n) is 9.75. The van der Waals surface area contributed by atoms with Crippen molar-refractivity contribution in [2.75, 3.05) is 51.6 Å². The van der Waals surface area contributed by atoms with E-state index in [4.69, 9.17) is 36.3 Å². The van der Waals surface area contributed by atoms with E-state index in [1.54, 1.807) is 93.3 Å². The zero-order valence-corrected chi connectivity index (χ0v) is 38.8. The lowest BCUT2D eigenvalue weighted by atomic mass is 10.1. The quantitative estimate of drug-likeness (QED) is 0.0369. The number of hydrogen-bond acceptors (Lipinski definition) is 18. The Balaban J connectivity index is 0.000000194.